The zero-order valence-corrected chi connectivity index (χ0v) is 11.9. The van der Waals surface area contributed by atoms with Gasteiger partial charge in [-0.15, -0.1) is 10.2 Å². The SMILES string of the molecule is CN(N=C1C(N)=NN=C1N)C1C2CC3CC(C2)CC1C3. The topological polar surface area (TPSA) is 92.4 Å². The van der Waals surface area contributed by atoms with E-state index in [0.717, 1.165) is 23.7 Å². The molecule has 0 spiro atoms. The number of amidine groups is 2. The van der Waals surface area contributed by atoms with Crippen molar-refractivity contribution in [1.82, 2.24) is 5.01 Å². The summed E-state index contributed by atoms with van der Waals surface area (Å²) in [4.78, 5) is 0. The number of hydrogen-bond donors (Lipinski definition) is 2. The van der Waals surface area contributed by atoms with Gasteiger partial charge < -0.3 is 11.5 Å². The van der Waals surface area contributed by atoms with E-state index in [2.05, 4.69) is 27.4 Å². The summed E-state index contributed by atoms with van der Waals surface area (Å²) in [5, 5.41) is 14.3. The van der Waals surface area contributed by atoms with E-state index in [1.807, 2.05) is 0 Å². The Hall–Kier alpha value is -1.59. The second-order valence-electron chi connectivity index (χ2n) is 6.91. The van der Waals surface area contributed by atoms with Crippen LogP contribution in [0.2, 0.25) is 0 Å². The minimum absolute atomic E-state index is 0.332. The van der Waals surface area contributed by atoms with Crippen molar-refractivity contribution in [3.05, 3.63) is 0 Å². The van der Waals surface area contributed by atoms with Gasteiger partial charge in [-0.2, -0.15) is 5.10 Å². The Labute approximate surface area is 119 Å². The van der Waals surface area contributed by atoms with Gasteiger partial charge >= 0.3 is 0 Å². The summed E-state index contributed by atoms with van der Waals surface area (Å²) in [5.74, 6) is 4.19. The lowest BCUT2D eigenvalue weighted by atomic mass is 9.54. The molecule has 1 aliphatic heterocycles. The lowest BCUT2D eigenvalue weighted by molar-refractivity contribution is -0.0567. The van der Waals surface area contributed by atoms with Crippen molar-refractivity contribution < 1.29 is 0 Å². The van der Waals surface area contributed by atoms with Crippen LogP contribution in [0.1, 0.15) is 32.1 Å². The summed E-state index contributed by atoms with van der Waals surface area (Å²) in [5.41, 5.74) is 12.1. The highest BCUT2D eigenvalue weighted by Crippen LogP contribution is 2.54. The molecule has 4 bridgehead atoms. The predicted molar refractivity (Wildman–Crippen MR) is 79.3 cm³/mol. The fraction of sp³-hybridized carbons (Fsp3) is 0.786. The van der Waals surface area contributed by atoms with E-state index in [0.29, 0.717) is 23.4 Å². The Balaban J connectivity index is 1.57. The minimum Gasteiger partial charge on any atom is -0.380 e. The number of rotatable bonds is 2. The molecule has 4 aliphatic carbocycles. The highest BCUT2D eigenvalue weighted by atomic mass is 15.5. The Morgan fingerprint density at radius 2 is 1.45 bits per heavy atom. The molecule has 5 aliphatic rings. The Bertz CT molecular complexity index is 472. The smallest absolute Gasteiger partial charge is 0.177 e. The summed E-state index contributed by atoms with van der Waals surface area (Å²) in [6.45, 7) is 0. The number of hydrazone groups is 1. The zero-order chi connectivity index (χ0) is 13.9. The molecule has 4 N–H and O–H groups in total. The largest absolute Gasteiger partial charge is 0.380 e. The van der Waals surface area contributed by atoms with Crippen molar-refractivity contribution in [3.63, 3.8) is 0 Å². The molecule has 5 rings (SSSR count). The van der Waals surface area contributed by atoms with E-state index in [-0.39, 0.29) is 0 Å². The molecule has 6 heteroatoms. The second kappa shape index (κ2) is 4.20. The van der Waals surface area contributed by atoms with Crippen LogP contribution in [0.3, 0.4) is 0 Å². The third-order valence-corrected chi connectivity index (χ3v) is 5.62. The molecule has 4 saturated carbocycles. The van der Waals surface area contributed by atoms with Gasteiger partial charge in [-0.3, -0.25) is 5.01 Å². The van der Waals surface area contributed by atoms with Gasteiger partial charge in [0.05, 0.1) is 6.04 Å². The minimum atomic E-state index is 0.332. The van der Waals surface area contributed by atoms with Crippen LogP contribution in [0.4, 0.5) is 0 Å². The van der Waals surface area contributed by atoms with Crippen molar-refractivity contribution in [3.8, 4) is 0 Å². The fourth-order valence-corrected chi connectivity index (χ4v) is 5.17. The summed E-state index contributed by atoms with van der Waals surface area (Å²) in [6, 6.07) is 0.538. The molecule has 6 nitrogen and oxygen atoms in total. The van der Waals surface area contributed by atoms with Crippen molar-refractivity contribution in [2.75, 3.05) is 7.05 Å². The fourth-order valence-electron chi connectivity index (χ4n) is 5.17. The highest BCUT2D eigenvalue weighted by Gasteiger charge is 2.49. The van der Waals surface area contributed by atoms with E-state index in [9.17, 15) is 0 Å². The van der Waals surface area contributed by atoms with Crippen molar-refractivity contribution in [2.45, 2.75) is 38.1 Å². The van der Waals surface area contributed by atoms with E-state index in [4.69, 9.17) is 11.5 Å². The summed E-state index contributed by atoms with van der Waals surface area (Å²) >= 11 is 0. The van der Waals surface area contributed by atoms with Gasteiger partial charge in [0.15, 0.2) is 17.4 Å². The van der Waals surface area contributed by atoms with Crippen LogP contribution < -0.4 is 11.5 Å². The van der Waals surface area contributed by atoms with Gasteiger partial charge in [-0.25, -0.2) is 0 Å². The first-order chi connectivity index (χ1) is 9.61. The van der Waals surface area contributed by atoms with Crippen LogP contribution in [0.15, 0.2) is 15.3 Å². The Morgan fingerprint density at radius 1 is 0.950 bits per heavy atom. The molecule has 0 radical (unpaired) electrons. The molecule has 0 amide bonds. The first-order valence-corrected chi connectivity index (χ1v) is 7.60. The Kier molecular flexibility index (Phi) is 2.56. The maximum Gasteiger partial charge on any atom is 0.177 e. The van der Waals surface area contributed by atoms with E-state index in [1.54, 1.807) is 0 Å². The number of hydrogen-bond acceptors (Lipinski definition) is 6. The lowest BCUT2D eigenvalue weighted by Crippen LogP contribution is -2.54. The van der Waals surface area contributed by atoms with Gasteiger partial charge in [0.2, 0.25) is 0 Å². The van der Waals surface area contributed by atoms with E-state index >= 15 is 0 Å². The van der Waals surface area contributed by atoms with E-state index < -0.39 is 0 Å². The maximum absolute atomic E-state index is 5.79. The van der Waals surface area contributed by atoms with E-state index in [1.165, 1.54) is 32.1 Å². The summed E-state index contributed by atoms with van der Waals surface area (Å²) in [7, 11) is 2.05. The monoisotopic (exact) mass is 274 g/mol. The molecule has 108 valence electrons. The Morgan fingerprint density at radius 3 is 1.95 bits per heavy atom. The van der Waals surface area contributed by atoms with Crippen molar-refractivity contribution in [2.24, 2.45) is 50.4 Å². The zero-order valence-electron chi connectivity index (χ0n) is 11.9. The number of nitrogens with zero attached hydrogens (tertiary/aromatic N) is 4. The molecule has 0 unspecified atom stereocenters. The van der Waals surface area contributed by atoms with Gasteiger partial charge in [-0.05, 0) is 55.8 Å². The van der Waals surface area contributed by atoms with Crippen molar-refractivity contribution >= 4 is 17.4 Å². The third-order valence-electron chi connectivity index (χ3n) is 5.62. The summed E-state index contributed by atoms with van der Waals surface area (Å²) < 4.78 is 0. The van der Waals surface area contributed by atoms with Crippen LogP contribution in [-0.4, -0.2) is 35.5 Å². The lowest BCUT2D eigenvalue weighted by Gasteiger charge is -2.56. The highest BCUT2D eigenvalue weighted by molar-refractivity contribution is 6.68. The first-order valence-electron chi connectivity index (χ1n) is 7.60. The van der Waals surface area contributed by atoms with Crippen LogP contribution in [0.5, 0.6) is 0 Å². The van der Waals surface area contributed by atoms with Crippen LogP contribution in [0.25, 0.3) is 0 Å². The molecular formula is C14H22N6. The van der Waals surface area contributed by atoms with Crippen LogP contribution in [-0.2, 0) is 0 Å². The van der Waals surface area contributed by atoms with Gasteiger partial charge in [0, 0.05) is 7.05 Å². The average Bonchev–Trinajstić information content (AvgIpc) is 2.69. The standard InChI is InChI=1S/C14H22N6/c1-20(19-11-13(15)17-18-14(11)16)12-9-3-7-2-8(5-9)6-10(12)4-7/h7-10,12H,2-6H2,1H3,(H4,15,16,17,18,19). The molecule has 4 fully saturated rings. The maximum atomic E-state index is 5.79. The van der Waals surface area contributed by atoms with Gasteiger partial charge in [-0.1, -0.05) is 0 Å². The van der Waals surface area contributed by atoms with Crippen LogP contribution >= 0.6 is 0 Å². The number of nitrogens with two attached hydrogens (primary N) is 2. The first kappa shape index (κ1) is 12.2. The molecule has 20 heavy (non-hydrogen) atoms. The molecule has 0 saturated heterocycles. The molecule has 0 aromatic rings. The average molecular weight is 274 g/mol. The molecule has 0 atom stereocenters. The molecular weight excluding hydrogens is 252 g/mol. The quantitative estimate of drug-likeness (QED) is 0.727. The van der Waals surface area contributed by atoms with Crippen molar-refractivity contribution in [1.29, 1.82) is 0 Å². The normalized spacial score (nSPS) is 41.6. The van der Waals surface area contributed by atoms with Gasteiger partial charge in [0.25, 0.3) is 0 Å². The second-order valence-corrected chi connectivity index (χ2v) is 6.91. The summed E-state index contributed by atoms with van der Waals surface area (Å²) in [6.07, 6.45) is 6.97. The third kappa shape index (κ3) is 1.73. The molecule has 0 aromatic heterocycles. The molecule has 0 aromatic carbocycles. The molecule has 1 heterocycles. The van der Waals surface area contributed by atoms with Crippen LogP contribution in [0, 0.1) is 23.7 Å². The predicted octanol–water partition coefficient (Wildman–Crippen LogP) is 0.742. The van der Waals surface area contributed by atoms with Gasteiger partial charge in [0.1, 0.15) is 0 Å².